The van der Waals surface area contributed by atoms with Gasteiger partial charge in [0.05, 0.1) is 10.9 Å². The van der Waals surface area contributed by atoms with E-state index in [0.717, 1.165) is 45.6 Å². The summed E-state index contributed by atoms with van der Waals surface area (Å²) in [5.41, 5.74) is 15.7. The van der Waals surface area contributed by atoms with Crippen molar-refractivity contribution in [3.63, 3.8) is 0 Å². The number of rotatable bonds is 7. The number of furan rings is 1. The second kappa shape index (κ2) is 12.4. The van der Waals surface area contributed by atoms with E-state index in [-0.39, 0.29) is 11.3 Å². The Hall–Kier alpha value is -7.10. The molecule has 0 saturated heterocycles. The van der Waals surface area contributed by atoms with Gasteiger partial charge in [0.1, 0.15) is 5.58 Å². The largest absolute Gasteiger partial charge is 0.439 e. The van der Waals surface area contributed by atoms with E-state index in [1.807, 2.05) is 0 Å². The van der Waals surface area contributed by atoms with Gasteiger partial charge in [0.25, 0.3) is 0 Å². The zero-order valence-electron chi connectivity index (χ0n) is 32.5. The van der Waals surface area contributed by atoms with Gasteiger partial charge < -0.3 is 9.32 Å². The quantitative estimate of drug-likeness (QED) is 0.162. The zero-order chi connectivity index (χ0) is 38.5. The molecule has 0 N–H and O–H groups in total. The van der Waals surface area contributed by atoms with Gasteiger partial charge in [0.15, 0.2) is 0 Å². The summed E-state index contributed by atoms with van der Waals surface area (Å²) in [5.74, 6) is 0.213. The molecule has 11 aromatic rings. The summed E-state index contributed by atoms with van der Waals surface area (Å²) in [5, 5.41) is 7.28. The first-order valence-electron chi connectivity index (χ1n) is 20.4. The van der Waals surface area contributed by atoms with Crippen LogP contribution in [0.3, 0.4) is 0 Å². The summed E-state index contributed by atoms with van der Waals surface area (Å²) in [7, 11) is 0. The van der Waals surface area contributed by atoms with E-state index in [1.165, 1.54) is 66.1 Å². The van der Waals surface area contributed by atoms with E-state index in [9.17, 15) is 0 Å². The van der Waals surface area contributed by atoms with E-state index in [4.69, 9.17) is 4.42 Å². The summed E-state index contributed by atoms with van der Waals surface area (Å²) in [6, 6.07) is 68.5. The lowest BCUT2D eigenvalue weighted by atomic mass is 9.84. The maximum atomic E-state index is 7.10. The highest BCUT2D eigenvalue weighted by molar-refractivity contribution is 6.27. The van der Waals surface area contributed by atoms with Crippen molar-refractivity contribution in [3.05, 3.63) is 216 Å². The number of anilines is 3. The van der Waals surface area contributed by atoms with Crippen molar-refractivity contribution in [1.29, 1.82) is 0 Å². The number of hydrogen-bond donors (Lipinski definition) is 0. The third-order valence-electron chi connectivity index (χ3n) is 12.9. The molecule has 12 rings (SSSR count). The predicted octanol–water partition coefficient (Wildman–Crippen LogP) is 14.7. The van der Waals surface area contributed by atoms with E-state index in [0.29, 0.717) is 0 Å². The third-order valence-corrected chi connectivity index (χ3v) is 12.9. The fourth-order valence-corrected chi connectivity index (χ4v) is 10.3. The number of fused-ring (bicyclic) bond motifs is 11. The van der Waals surface area contributed by atoms with Crippen LogP contribution in [0, 0.1) is 0 Å². The summed E-state index contributed by atoms with van der Waals surface area (Å²) in [4.78, 5) is 2.33. The van der Waals surface area contributed by atoms with Crippen LogP contribution in [0.25, 0.3) is 60.3 Å². The molecule has 0 saturated carbocycles. The summed E-state index contributed by atoms with van der Waals surface area (Å²) in [6.07, 6.45) is 0.888. The van der Waals surface area contributed by atoms with Gasteiger partial charge in [0.2, 0.25) is 5.71 Å². The van der Waals surface area contributed by atoms with Crippen molar-refractivity contribution in [2.75, 3.05) is 4.90 Å². The minimum absolute atomic E-state index is 0.213. The molecule has 0 radical (unpaired) electrons. The smallest absolute Gasteiger partial charge is 0.213 e. The molecule has 0 unspecified atom stereocenters. The van der Waals surface area contributed by atoms with E-state index in [1.54, 1.807) is 0 Å². The van der Waals surface area contributed by atoms with Gasteiger partial charge in [-0.15, -0.1) is 0 Å². The Balaban J connectivity index is 1.11. The Morgan fingerprint density at radius 3 is 1.84 bits per heavy atom. The lowest BCUT2D eigenvalue weighted by Crippen LogP contribution is -2.17. The molecule has 0 amide bonds. The maximum Gasteiger partial charge on any atom is 0.213 e. The molecule has 1 aliphatic carbocycles. The molecule has 3 aromatic heterocycles. The van der Waals surface area contributed by atoms with Crippen LogP contribution in [0.1, 0.15) is 47.7 Å². The molecule has 1 aliphatic rings. The van der Waals surface area contributed by atoms with E-state index in [2.05, 4.69) is 211 Å². The Labute approximate surface area is 337 Å². The van der Waals surface area contributed by atoms with Crippen LogP contribution in [0.15, 0.2) is 192 Å². The average molecular weight is 745 g/mol. The number of para-hydroxylation sites is 2. The van der Waals surface area contributed by atoms with Crippen molar-refractivity contribution in [2.45, 2.75) is 31.6 Å². The normalized spacial score (nSPS) is 13.4. The molecule has 0 bridgehead atoms. The van der Waals surface area contributed by atoms with Gasteiger partial charge >= 0.3 is 0 Å². The molecule has 3 nitrogen and oxygen atoms in total. The Bertz CT molecular complexity index is 3240. The molecule has 3 heterocycles. The van der Waals surface area contributed by atoms with Gasteiger partial charge in [-0.3, -0.25) is 4.40 Å². The standard InChI is InChI=1S/C55H40N2O/c1-55(2)47-26-16-15-25-43(47)51-49-38(32-45(35-17-7-3-8-18-35)36-19-9-4-10-20-36)28-30-44-50-46-33-39-31-42(56(40-21-11-5-12-22-40)41-23-13-6-14-24-41)29-27-37(39)34-48(46)58-54(50)57(52(44)49)53(51)55/h3-31,33-34,45H,32H2,1-2H3. The van der Waals surface area contributed by atoms with Crippen molar-refractivity contribution in [3.8, 4) is 11.1 Å². The fourth-order valence-electron chi connectivity index (χ4n) is 10.3. The van der Waals surface area contributed by atoms with Gasteiger partial charge in [-0.05, 0) is 93.5 Å². The monoisotopic (exact) mass is 744 g/mol. The molecule has 0 aliphatic heterocycles. The third kappa shape index (κ3) is 4.74. The van der Waals surface area contributed by atoms with Crippen molar-refractivity contribution in [2.24, 2.45) is 0 Å². The summed E-state index contributed by atoms with van der Waals surface area (Å²) < 4.78 is 9.60. The van der Waals surface area contributed by atoms with Crippen LogP contribution in [0.4, 0.5) is 17.1 Å². The molecule has 58 heavy (non-hydrogen) atoms. The van der Waals surface area contributed by atoms with Crippen LogP contribution >= 0.6 is 0 Å². The lowest BCUT2D eigenvalue weighted by molar-refractivity contribution is 0.606. The molecule has 3 heteroatoms. The van der Waals surface area contributed by atoms with E-state index < -0.39 is 0 Å². The highest BCUT2D eigenvalue weighted by Gasteiger charge is 2.42. The van der Waals surface area contributed by atoms with Crippen LogP contribution in [0.5, 0.6) is 0 Å². The maximum absolute atomic E-state index is 7.10. The first-order chi connectivity index (χ1) is 28.5. The summed E-state index contributed by atoms with van der Waals surface area (Å²) in [6.45, 7) is 4.77. The Kier molecular flexibility index (Phi) is 7.10. The van der Waals surface area contributed by atoms with Gasteiger partial charge in [-0.1, -0.05) is 153 Å². The first kappa shape index (κ1) is 33.1. The second-order valence-corrected chi connectivity index (χ2v) is 16.5. The molecule has 276 valence electrons. The number of hydrogen-bond acceptors (Lipinski definition) is 2. The predicted molar refractivity (Wildman–Crippen MR) is 242 cm³/mol. The topological polar surface area (TPSA) is 20.8 Å². The zero-order valence-corrected chi connectivity index (χ0v) is 32.5. The van der Waals surface area contributed by atoms with Crippen molar-refractivity contribution >= 4 is 66.2 Å². The highest BCUT2D eigenvalue weighted by Crippen LogP contribution is 2.57. The fraction of sp³-hybridized carbons (Fsp3) is 0.0909. The summed E-state index contributed by atoms with van der Waals surface area (Å²) >= 11 is 0. The molecule has 0 atom stereocenters. The van der Waals surface area contributed by atoms with Gasteiger partial charge in [-0.25, -0.2) is 0 Å². The molecule has 8 aromatic carbocycles. The number of nitrogens with zero attached hydrogens (tertiary/aromatic N) is 2. The number of benzene rings is 8. The van der Waals surface area contributed by atoms with Crippen LogP contribution in [0.2, 0.25) is 0 Å². The van der Waals surface area contributed by atoms with Crippen LogP contribution < -0.4 is 4.90 Å². The molecular weight excluding hydrogens is 705 g/mol. The van der Waals surface area contributed by atoms with E-state index >= 15 is 0 Å². The number of aromatic nitrogens is 1. The van der Waals surface area contributed by atoms with Gasteiger partial charge in [-0.2, -0.15) is 0 Å². The average Bonchev–Trinajstić information content (AvgIpc) is 3.98. The SMILES string of the molecule is CC1(C)c2ccccc2-c2c1n1c3oc4cc5ccc(N(c6ccccc6)c6ccccc6)cc5cc4c3c3ccc(CC(c4ccccc4)c4ccccc4)c2c31. The molecule has 0 spiro atoms. The second-order valence-electron chi connectivity index (χ2n) is 16.5. The van der Waals surface area contributed by atoms with Crippen LogP contribution in [-0.2, 0) is 11.8 Å². The minimum atomic E-state index is -0.226. The highest BCUT2D eigenvalue weighted by atomic mass is 16.3. The minimum Gasteiger partial charge on any atom is -0.439 e. The van der Waals surface area contributed by atoms with Crippen molar-refractivity contribution in [1.82, 2.24) is 4.40 Å². The van der Waals surface area contributed by atoms with Gasteiger partial charge in [0, 0.05) is 55.8 Å². The van der Waals surface area contributed by atoms with Crippen LogP contribution in [-0.4, -0.2) is 4.40 Å². The first-order valence-corrected chi connectivity index (χ1v) is 20.4. The van der Waals surface area contributed by atoms with Crippen molar-refractivity contribution < 1.29 is 4.42 Å². The lowest BCUT2D eigenvalue weighted by Gasteiger charge is -2.25. The molecule has 0 fully saturated rings. The molecular formula is C55H40N2O. The Morgan fingerprint density at radius 2 is 1.17 bits per heavy atom. The Morgan fingerprint density at radius 1 is 0.552 bits per heavy atom.